The zero-order valence-corrected chi connectivity index (χ0v) is 19.1. The molecular formula is C23H27N7OS. The Hall–Kier alpha value is -2.75. The van der Waals surface area contributed by atoms with Gasteiger partial charge >= 0.3 is 0 Å². The minimum Gasteiger partial charge on any atom is -0.352 e. The van der Waals surface area contributed by atoms with Crippen molar-refractivity contribution >= 4 is 38.3 Å². The first-order chi connectivity index (χ1) is 15.7. The van der Waals surface area contributed by atoms with Gasteiger partial charge in [-0.3, -0.25) is 19.4 Å². The van der Waals surface area contributed by atoms with Crippen molar-refractivity contribution in [2.75, 3.05) is 51.2 Å². The summed E-state index contributed by atoms with van der Waals surface area (Å²) in [6.45, 7) is 7.26. The van der Waals surface area contributed by atoms with Crippen molar-refractivity contribution in [1.82, 2.24) is 29.5 Å². The summed E-state index contributed by atoms with van der Waals surface area (Å²) in [5, 5.41) is 9.71. The van der Waals surface area contributed by atoms with E-state index in [4.69, 9.17) is 0 Å². The van der Waals surface area contributed by atoms with E-state index in [-0.39, 0.29) is 5.56 Å². The SMILES string of the molecule is CN1CCc2c(sc3ncn(CCN4CCN(c5n[nH]c6ccccc56)CC4)c(=O)c23)C1. The Morgan fingerprint density at radius 2 is 1.94 bits per heavy atom. The van der Waals surface area contributed by atoms with E-state index in [1.165, 1.54) is 15.8 Å². The zero-order chi connectivity index (χ0) is 21.7. The molecule has 2 aliphatic heterocycles. The van der Waals surface area contributed by atoms with Crippen LogP contribution in [0.3, 0.4) is 0 Å². The number of nitrogens with one attached hydrogen (secondary N) is 1. The number of para-hydroxylation sites is 1. The molecule has 0 bridgehead atoms. The van der Waals surface area contributed by atoms with Crippen LogP contribution in [0, 0.1) is 0 Å². The summed E-state index contributed by atoms with van der Waals surface area (Å²) in [5.74, 6) is 1.04. The molecule has 1 saturated heterocycles. The highest BCUT2D eigenvalue weighted by Gasteiger charge is 2.23. The van der Waals surface area contributed by atoms with Gasteiger partial charge in [0.05, 0.1) is 17.2 Å². The van der Waals surface area contributed by atoms with Gasteiger partial charge < -0.3 is 9.80 Å². The van der Waals surface area contributed by atoms with Crippen LogP contribution in [0.4, 0.5) is 5.82 Å². The highest BCUT2D eigenvalue weighted by Crippen LogP contribution is 2.31. The number of hydrogen-bond donors (Lipinski definition) is 1. The van der Waals surface area contributed by atoms with Gasteiger partial charge in [-0.1, -0.05) is 12.1 Å². The number of fused-ring (bicyclic) bond motifs is 4. The first kappa shape index (κ1) is 19.9. The van der Waals surface area contributed by atoms with E-state index in [0.29, 0.717) is 6.54 Å². The summed E-state index contributed by atoms with van der Waals surface area (Å²) >= 11 is 1.68. The predicted octanol–water partition coefficient (Wildman–Crippen LogP) is 2.14. The molecule has 1 fully saturated rings. The molecule has 0 aliphatic carbocycles. The number of nitrogens with zero attached hydrogens (tertiary/aromatic N) is 6. The molecule has 1 N–H and O–H groups in total. The Labute approximate surface area is 190 Å². The molecule has 0 atom stereocenters. The molecule has 0 spiro atoms. The average molecular weight is 450 g/mol. The highest BCUT2D eigenvalue weighted by molar-refractivity contribution is 7.18. The van der Waals surface area contributed by atoms with E-state index in [0.717, 1.165) is 73.8 Å². The molecule has 8 nitrogen and oxygen atoms in total. The molecule has 3 aromatic heterocycles. The molecule has 0 radical (unpaired) electrons. The van der Waals surface area contributed by atoms with Gasteiger partial charge in [0.1, 0.15) is 4.83 Å². The number of H-pyrrole nitrogens is 1. The number of likely N-dealkylation sites (N-methyl/N-ethyl adjacent to an activating group) is 1. The van der Waals surface area contributed by atoms with Crippen LogP contribution >= 0.6 is 11.3 Å². The van der Waals surface area contributed by atoms with Gasteiger partial charge in [-0.05, 0) is 31.2 Å². The first-order valence-electron chi connectivity index (χ1n) is 11.3. The van der Waals surface area contributed by atoms with Gasteiger partial charge in [0.25, 0.3) is 5.56 Å². The number of thiophene rings is 1. The topological polar surface area (TPSA) is 73.3 Å². The van der Waals surface area contributed by atoms with Crippen molar-refractivity contribution in [3.8, 4) is 0 Å². The minimum atomic E-state index is 0.124. The van der Waals surface area contributed by atoms with Crippen LogP contribution in [0.1, 0.15) is 10.4 Å². The number of piperazine rings is 1. The van der Waals surface area contributed by atoms with Crippen LogP contribution in [-0.2, 0) is 19.5 Å². The second kappa shape index (κ2) is 7.99. The van der Waals surface area contributed by atoms with E-state index in [1.54, 1.807) is 22.2 Å². The lowest BCUT2D eigenvalue weighted by atomic mass is 10.1. The molecule has 2 aliphatic rings. The monoisotopic (exact) mass is 449 g/mol. The van der Waals surface area contributed by atoms with E-state index >= 15 is 0 Å². The van der Waals surface area contributed by atoms with Crippen molar-refractivity contribution in [2.45, 2.75) is 19.5 Å². The van der Waals surface area contributed by atoms with Crippen LogP contribution in [0.5, 0.6) is 0 Å². The lowest BCUT2D eigenvalue weighted by Crippen LogP contribution is -2.47. The maximum atomic E-state index is 13.2. The quantitative estimate of drug-likeness (QED) is 0.515. The lowest BCUT2D eigenvalue weighted by Gasteiger charge is -2.35. The third-order valence-electron chi connectivity index (χ3n) is 6.80. The Bertz CT molecular complexity index is 1330. The van der Waals surface area contributed by atoms with E-state index in [9.17, 15) is 4.79 Å². The first-order valence-corrected chi connectivity index (χ1v) is 12.1. The predicted molar refractivity (Wildman–Crippen MR) is 129 cm³/mol. The number of aromatic amines is 1. The number of anilines is 1. The lowest BCUT2D eigenvalue weighted by molar-refractivity contribution is 0.246. The fraction of sp³-hybridized carbons (Fsp3) is 0.435. The summed E-state index contributed by atoms with van der Waals surface area (Å²) in [5.41, 5.74) is 2.43. The smallest absolute Gasteiger partial charge is 0.262 e. The molecule has 4 aromatic rings. The molecule has 6 rings (SSSR count). The standard InChI is InChI=1S/C23H27N7OS/c1-27-7-6-17-19(14-27)32-22-20(17)23(31)30(15-24-22)13-10-28-8-11-29(12-9-28)21-16-4-2-3-5-18(16)25-26-21/h2-5,15H,6-14H2,1H3,(H,25,26). The number of aromatic nitrogens is 4. The summed E-state index contributed by atoms with van der Waals surface area (Å²) in [4.78, 5) is 27.1. The summed E-state index contributed by atoms with van der Waals surface area (Å²) < 4.78 is 1.81. The van der Waals surface area contributed by atoms with Gasteiger partial charge in [0, 0.05) is 62.6 Å². The molecule has 32 heavy (non-hydrogen) atoms. The fourth-order valence-electron chi connectivity index (χ4n) is 4.93. The molecular weight excluding hydrogens is 422 g/mol. The molecule has 0 unspecified atom stereocenters. The maximum Gasteiger partial charge on any atom is 0.262 e. The number of hydrogen-bond acceptors (Lipinski definition) is 7. The minimum absolute atomic E-state index is 0.124. The maximum absolute atomic E-state index is 13.2. The Morgan fingerprint density at radius 3 is 2.81 bits per heavy atom. The van der Waals surface area contributed by atoms with Gasteiger partial charge in [0.15, 0.2) is 5.82 Å². The highest BCUT2D eigenvalue weighted by atomic mass is 32.1. The van der Waals surface area contributed by atoms with Crippen LogP contribution in [0.2, 0.25) is 0 Å². The van der Waals surface area contributed by atoms with Gasteiger partial charge in [-0.2, -0.15) is 5.10 Å². The number of rotatable bonds is 4. The van der Waals surface area contributed by atoms with E-state index < -0.39 is 0 Å². The van der Waals surface area contributed by atoms with Crippen molar-refractivity contribution in [2.24, 2.45) is 0 Å². The van der Waals surface area contributed by atoms with E-state index in [2.05, 4.69) is 55.1 Å². The Kier molecular flexibility index (Phi) is 4.97. The molecule has 5 heterocycles. The van der Waals surface area contributed by atoms with Crippen molar-refractivity contribution < 1.29 is 0 Å². The largest absolute Gasteiger partial charge is 0.352 e. The Balaban J connectivity index is 1.13. The summed E-state index contributed by atoms with van der Waals surface area (Å²) in [6.07, 6.45) is 2.68. The molecule has 9 heteroatoms. The third kappa shape index (κ3) is 3.41. The molecule has 166 valence electrons. The average Bonchev–Trinajstić information content (AvgIpc) is 3.40. The summed E-state index contributed by atoms with van der Waals surface area (Å²) in [6, 6.07) is 8.27. The molecule has 0 saturated carbocycles. The van der Waals surface area contributed by atoms with E-state index in [1.807, 2.05) is 6.07 Å². The van der Waals surface area contributed by atoms with Crippen molar-refractivity contribution in [3.05, 3.63) is 51.4 Å². The summed E-state index contributed by atoms with van der Waals surface area (Å²) in [7, 11) is 2.13. The fourth-order valence-corrected chi connectivity index (χ4v) is 6.19. The van der Waals surface area contributed by atoms with Crippen molar-refractivity contribution in [1.29, 1.82) is 0 Å². The van der Waals surface area contributed by atoms with Gasteiger partial charge in [0.2, 0.25) is 0 Å². The Morgan fingerprint density at radius 1 is 1.09 bits per heavy atom. The van der Waals surface area contributed by atoms with Gasteiger partial charge in [-0.15, -0.1) is 11.3 Å². The molecule has 0 amide bonds. The third-order valence-corrected chi connectivity index (χ3v) is 7.92. The molecule has 1 aromatic carbocycles. The second-order valence-electron chi connectivity index (χ2n) is 8.84. The van der Waals surface area contributed by atoms with Crippen LogP contribution in [-0.4, -0.2) is 75.9 Å². The second-order valence-corrected chi connectivity index (χ2v) is 9.92. The van der Waals surface area contributed by atoms with Crippen LogP contribution < -0.4 is 10.5 Å². The normalized spacial score (nSPS) is 18.0. The van der Waals surface area contributed by atoms with Gasteiger partial charge in [-0.25, -0.2) is 4.98 Å². The zero-order valence-electron chi connectivity index (χ0n) is 18.3. The van der Waals surface area contributed by atoms with Crippen LogP contribution in [0.25, 0.3) is 21.1 Å². The van der Waals surface area contributed by atoms with Crippen molar-refractivity contribution in [3.63, 3.8) is 0 Å². The van der Waals surface area contributed by atoms with Crippen LogP contribution in [0.15, 0.2) is 35.4 Å². The number of benzene rings is 1.